The van der Waals surface area contributed by atoms with Gasteiger partial charge in [-0.3, -0.25) is 4.68 Å². The van der Waals surface area contributed by atoms with E-state index in [1.807, 2.05) is 19.2 Å². The van der Waals surface area contributed by atoms with Crippen LogP contribution in [0.2, 0.25) is 0 Å². The first-order chi connectivity index (χ1) is 8.65. The van der Waals surface area contributed by atoms with E-state index >= 15 is 0 Å². The molecule has 6 nitrogen and oxygen atoms in total. The van der Waals surface area contributed by atoms with Crippen molar-refractivity contribution >= 4 is 5.95 Å². The summed E-state index contributed by atoms with van der Waals surface area (Å²) in [5, 5.41) is 10.9. The first kappa shape index (κ1) is 12.5. The first-order valence-electron chi connectivity index (χ1n) is 6.08. The zero-order chi connectivity index (χ0) is 13.0. The molecule has 0 radical (unpaired) electrons. The molecule has 0 aliphatic rings. The van der Waals surface area contributed by atoms with Crippen molar-refractivity contribution in [2.45, 2.75) is 33.2 Å². The van der Waals surface area contributed by atoms with E-state index in [0.717, 1.165) is 24.5 Å². The quantitative estimate of drug-likeness (QED) is 0.868. The Bertz CT molecular complexity index is 491. The zero-order valence-corrected chi connectivity index (χ0v) is 11.0. The topological polar surface area (TPSA) is 68.5 Å². The molecule has 0 unspecified atom stereocenters. The molecule has 2 aromatic rings. The number of anilines is 1. The van der Waals surface area contributed by atoms with Crippen LogP contribution in [0, 0.1) is 6.92 Å². The van der Waals surface area contributed by atoms with E-state index in [4.69, 9.17) is 0 Å². The largest absolute Gasteiger partial charge is 0.352 e. The molecule has 0 saturated heterocycles. The SMILES string of the molecule is Cc1cc(C(C)C)nc(NCCn2ccnn2)n1. The monoisotopic (exact) mass is 246 g/mol. The molecule has 96 valence electrons. The molecule has 2 aromatic heterocycles. The molecule has 2 rings (SSSR count). The average Bonchev–Trinajstić information content (AvgIpc) is 2.81. The van der Waals surface area contributed by atoms with Crippen LogP contribution in [0.1, 0.15) is 31.2 Å². The third kappa shape index (κ3) is 3.26. The summed E-state index contributed by atoms with van der Waals surface area (Å²) in [5.74, 6) is 1.08. The third-order valence-electron chi connectivity index (χ3n) is 2.56. The number of aromatic nitrogens is 5. The minimum Gasteiger partial charge on any atom is -0.352 e. The maximum absolute atomic E-state index is 4.48. The summed E-state index contributed by atoms with van der Waals surface area (Å²) in [7, 11) is 0. The average molecular weight is 246 g/mol. The summed E-state index contributed by atoms with van der Waals surface area (Å²) in [6.07, 6.45) is 3.50. The molecule has 6 heteroatoms. The van der Waals surface area contributed by atoms with Crippen molar-refractivity contribution < 1.29 is 0 Å². The van der Waals surface area contributed by atoms with Gasteiger partial charge in [-0.1, -0.05) is 19.1 Å². The minimum absolute atomic E-state index is 0.405. The fourth-order valence-electron chi connectivity index (χ4n) is 1.60. The second kappa shape index (κ2) is 5.57. The molecule has 0 fully saturated rings. The number of hydrogen-bond acceptors (Lipinski definition) is 5. The Kier molecular flexibility index (Phi) is 3.86. The van der Waals surface area contributed by atoms with Crippen LogP contribution in [0.15, 0.2) is 18.5 Å². The molecule has 1 N–H and O–H groups in total. The van der Waals surface area contributed by atoms with Crippen molar-refractivity contribution in [1.29, 1.82) is 0 Å². The van der Waals surface area contributed by atoms with Crippen molar-refractivity contribution in [3.05, 3.63) is 29.8 Å². The van der Waals surface area contributed by atoms with Crippen LogP contribution >= 0.6 is 0 Å². The van der Waals surface area contributed by atoms with Gasteiger partial charge in [0.05, 0.1) is 12.7 Å². The number of nitrogens with zero attached hydrogens (tertiary/aromatic N) is 5. The van der Waals surface area contributed by atoms with Crippen LogP contribution in [0.3, 0.4) is 0 Å². The van der Waals surface area contributed by atoms with E-state index in [2.05, 4.69) is 39.4 Å². The summed E-state index contributed by atoms with van der Waals surface area (Å²) in [6, 6.07) is 2.02. The number of rotatable bonds is 5. The summed E-state index contributed by atoms with van der Waals surface area (Å²) in [4.78, 5) is 8.85. The first-order valence-corrected chi connectivity index (χ1v) is 6.08. The number of hydrogen-bond donors (Lipinski definition) is 1. The second-order valence-corrected chi connectivity index (χ2v) is 4.51. The van der Waals surface area contributed by atoms with Crippen LogP contribution in [0.4, 0.5) is 5.95 Å². The standard InChI is InChI=1S/C12H18N6/c1-9(2)11-8-10(3)15-12(16-11)13-4-6-18-7-5-14-17-18/h5,7-9H,4,6H2,1-3H3,(H,13,15,16). The molecule has 18 heavy (non-hydrogen) atoms. The fraction of sp³-hybridized carbons (Fsp3) is 0.500. The highest BCUT2D eigenvalue weighted by Crippen LogP contribution is 2.14. The lowest BCUT2D eigenvalue weighted by atomic mass is 10.1. The molecule has 0 aliphatic carbocycles. The molecule has 0 amide bonds. The van der Waals surface area contributed by atoms with Gasteiger partial charge < -0.3 is 5.32 Å². The normalized spacial score (nSPS) is 10.9. The van der Waals surface area contributed by atoms with Gasteiger partial charge in [0.25, 0.3) is 0 Å². The highest BCUT2D eigenvalue weighted by atomic mass is 15.4. The summed E-state index contributed by atoms with van der Waals surface area (Å²) < 4.78 is 1.77. The maximum Gasteiger partial charge on any atom is 0.223 e. The van der Waals surface area contributed by atoms with Gasteiger partial charge in [-0.25, -0.2) is 9.97 Å². The van der Waals surface area contributed by atoms with E-state index in [1.165, 1.54) is 0 Å². The lowest BCUT2D eigenvalue weighted by molar-refractivity contribution is 0.607. The van der Waals surface area contributed by atoms with Crippen LogP contribution in [-0.2, 0) is 6.54 Å². The van der Waals surface area contributed by atoms with Gasteiger partial charge in [0.1, 0.15) is 0 Å². The fourth-order valence-corrected chi connectivity index (χ4v) is 1.60. The molecule has 0 bridgehead atoms. The van der Waals surface area contributed by atoms with E-state index in [1.54, 1.807) is 10.9 Å². The molecular weight excluding hydrogens is 228 g/mol. The van der Waals surface area contributed by atoms with Gasteiger partial charge in [-0.2, -0.15) is 0 Å². The van der Waals surface area contributed by atoms with Crippen molar-refractivity contribution in [1.82, 2.24) is 25.0 Å². The molecule has 0 aromatic carbocycles. The third-order valence-corrected chi connectivity index (χ3v) is 2.56. The summed E-state index contributed by atoms with van der Waals surface area (Å²) in [5.41, 5.74) is 2.04. The smallest absolute Gasteiger partial charge is 0.223 e. The number of nitrogens with one attached hydrogen (secondary N) is 1. The van der Waals surface area contributed by atoms with E-state index in [0.29, 0.717) is 11.9 Å². The molecule has 0 aliphatic heterocycles. The lowest BCUT2D eigenvalue weighted by Crippen LogP contribution is -2.14. The Morgan fingerprint density at radius 2 is 2.17 bits per heavy atom. The molecule has 0 saturated carbocycles. The van der Waals surface area contributed by atoms with Crippen LogP contribution in [0.25, 0.3) is 0 Å². The van der Waals surface area contributed by atoms with Gasteiger partial charge in [0.2, 0.25) is 5.95 Å². The van der Waals surface area contributed by atoms with Gasteiger partial charge in [0.15, 0.2) is 0 Å². The molecule has 0 atom stereocenters. The highest BCUT2D eigenvalue weighted by molar-refractivity contribution is 5.28. The van der Waals surface area contributed by atoms with E-state index in [9.17, 15) is 0 Å². The molecule has 2 heterocycles. The van der Waals surface area contributed by atoms with Gasteiger partial charge in [-0.05, 0) is 18.9 Å². The number of aryl methyl sites for hydroxylation is 1. The second-order valence-electron chi connectivity index (χ2n) is 4.51. The predicted octanol–water partition coefficient (Wildman–Crippen LogP) is 1.61. The van der Waals surface area contributed by atoms with Crippen molar-refractivity contribution in [3.63, 3.8) is 0 Å². The van der Waals surface area contributed by atoms with Crippen molar-refractivity contribution in [2.24, 2.45) is 0 Å². The summed E-state index contributed by atoms with van der Waals surface area (Å²) in [6.45, 7) is 7.71. The van der Waals surface area contributed by atoms with E-state index < -0.39 is 0 Å². The van der Waals surface area contributed by atoms with Gasteiger partial charge >= 0.3 is 0 Å². The minimum atomic E-state index is 0.405. The van der Waals surface area contributed by atoms with Crippen LogP contribution in [0.5, 0.6) is 0 Å². The van der Waals surface area contributed by atoms with Crippen molar-refractivity contribution in [2.75, 3.05) is 11.9 Å². The Balaban J connectivity index is 1.96. The van der Waals surface area contributed by atoms with Gasteiger partial charge in [0, 0.05) is 24.1 Å². The lowest BCUT2D eigenvalue weighted by Gasteiger charge is -2.09. The summed E-state index contributed by atoms with van der Waals surface area (Å²) >= 11 is 0. The highest BCUT2D eigenvalue weighted by Gasteiger charge is 2.05. The van der Waals surface area contributed by atoms with Crippen molar-refractivity contribution in [3.8, 4) is 0 Å². The molecule has 0 spiro atoms. The Labute approximate surface area is 106 Å². The Morgan fingerprint density at radius 3 is 2.83 bits per heavy atom. The van der Waals surface area contributed by atoms with Crippen LogP contribution < -0.4 is 5.32 Å². The molecular formula is C12H18N6. The zero-order valence-electron chi connectivity index (χ0n) is 11.0. The maximum atomic E-state index is 4.48. The predicted molar refractivity (Wildman–Crippen MR) is 69.4 cm³/mol. The Morgan fingerprint density at radius 1 is 1.33 bits per heavy atom. The Hall–Kier alpha value is -1.98. The van der Waals surface area contributed by atoms with Gasteiger partial charge in [-0.15, -0.1) is 5.10 Å². The van der Waals surface area contributed by atoms with E-state index in [-0.39, 0.29) is 0 Å². The van der Waals surface area contributed by atoms with Crippen LogP contribution in [-0.4, -0.2) is 31.5 Å².